The molecular formula is C15H22ClN3O2. The molecule has 3 N–H and O–H groups in total. The van der Waals surface area contributed by atoms with E-state index in [1.807, 2.05) is 31.1 Å². The summed E-state index contributed by atoms with van der Waals surface area (Å²) < 4.78 is 5.34. The first-order valence-electron chi connectivity index (χ1n) is 7.05. The summed E-state index contributed by atoms with van der Waals surface area (Å²) in [5, 5.41) is 3.60. The van der Waals surface area contributed by atoms with Crippen molar-refractivity contribution in [3.8, 4) is 0 Å². The van der Waals surface area contributed by atoms with Crippen molar-refractivity contribution in [2.75, 3.05) is 44.1 Å². The van der Waals surface area contributed by atoms with E-state index >= 15 is 0 Å². The highest BCUT2D eigenvalue weighted by atomic mass is 35.5. The van der Waals surface area contributed by atoms with Crippen LogP contribution in [0.2, 0.25) is 5.02 Å². The molecule has 6 heteroatoms. The second kappa shape index (κ2) is 6.64. The maximum atomic E-state index is 12.7. The number of nitrogens with one attached hydrogen (secondary N) is 1. The summed E-state index contributed by atoms with van der Waals surface area (Å²) in [7, 11) is 3.79. The van der Waals surface area contributed by atoms with Crippen LogP contribution in [0.5, 0.6) is 0 Å². The minimum atomic E-state index is -0.551. The van der Waals surface area contributed by atoms with Crippen molar-refractivity contribution in [2.24, 2.45) is 11.1 Å². The van der Waals surface area contributed by atoms with E-state index in [0.29, 0.717) is 43.3 Å². The number of nitrogens with zero attached hydrogens (tertiary/aromatic N) is 1. The van der Waals surface area contributed by atoms with Gasteiger partial charge < -0.3 is 20.7 Å². The highest BCUT2D eigenvalue weighted by Gasteiger charge is 2.39. The lowest BCUT2D eigenvalue weighted by atomic mass is 9.79. The molecule has 1 fully saturated rings. The van der Waals surface area contributed by atoms with E-state index in [1.165, 1.54) is 0 Å². The van der Waals surface area contributed by atoms with Gasteiger partial charge in [-0.2, -0.15) is 0 Å². The topological polar surface area (TPSA) is 67.6 Å². The van der Waals surface area contributed by atoms with Crippen LogP contribution in [-0.2, 0) is 9.53 Å². The van der Waals surface area contributed by atoms with Crippen LogP contribution in [0, 0.1) is 5.41 Å². The van der Waals surface area contributed by atoms with Gasteiger partial charge in [-0.25, -0.2) is 0 Å². The Morgan fingerprint density at radius 3 is 2.67 bits per heavy atom. The van der Waals surface area contributed by atoms with Gasteiger partial charge in [0.2, 0.25) is 5.91 Å². The molecule has 21 heavy (non-hydrogen) atoms. The number of amides is 1. The number of carbonyl (C=O) groups is 1. The van der Waals surface area contributed by atoms with E-state index in [0.717, 1.165) is 5.69 Å². The lowest BCUT2D eigenvalue weighted by Crippen LogP contribution is -2.46. The summed E-state index contributed by atoms with van der Waals surface area (Å²) in [5.41, 5.74) is 6.82. The summed E-state index contributed by atoms with van der Waals surface area (Å²) in [6.07, 6.45) is 1.29. The quantitative estimate of drug-likeness (QED) is 0.893. The number of nitrogens with two attached hydrogens (primary N) is 1. The van der Waals surface area contributed by atoms with Crippen molar-refractivity contribution >= 4 is 28.9 Å². The molecule has 1 heterocycles. The number of para-hydroxylation sites is 1. The molecular weight excluding hydrogens is 290 g/mol. The van der Waals surface area contributed by atoms with Gasteiger partial charge in [0.15, 0.2) is 0 Å². The molecule has 1 aliphatic heterocycles. The minimum Gasteiger partial charge on any atom is -0.381 e. The Balaban J connectivity index is 2.25. The van der Waals surface area contributed by atoms with Crippen LogP contribution < -0.4 is 16.0 Å². The first kappa shape index (κ1) is 16.1. The zero-order chi connectivity index (χ0) is 15.5. The molecule has 0 radical (unpaired) electrons. The van der Waals surface area contributed by atoms with Gasteiger partial charge in [-0.15, -0.1) is 0 Å². The van der Waals surface area contributed by atoms with Crippen molar-refractivity contribution < 1.29 is 9.53 Å². The van der Waals surface area contributed by atoms with Crippen LogP contribution in [-0.4, -0.2) is 39.8 Å². The molecule has 0 saturated carbocycles. The van der Waals surface area contributed by atoms with Gasteiger partial charge in [0.1, 0.15) is 0 Å². The Morgan fingerprint density at radius 1 is 1.43 bits per heavy atom. The number of hydrogen-bond acceptors (Lipinski definition) is 4. The maximum absolute atomic E-state index is 12.7. The van der Waals surface area contributed by atoms with Gasteiger partial charge in [0.05, 0.1) is 21.8 Å². The van der Waals surface area contributed by atoms with Crippen LogP contribution in [0.15, 0.2) is 18.2 Å². The number of halogens is 1. The van der Waals surface area contributed by atoms with E-state index < -0.39 is 5.41 Å². The van der Waals surface area contributed by atoms with Crippen molar-refractivity contribution in [1.29, 1.82) is 0 Å². The van der Waals surface area contributed by atoms with Crippen LogP contribution >= 0.6 is 11.6 Å². The third-order valence-corrected chi connectivity index (χ3v) is 4.31. The summed E-state index contributed by atoms with van der Waals surface area (Å²) in [5.74, 6) is -0.0568. The fourth-order valence-corrected chi connectivity index (χ4v) is 2.96. The van der Waals surface area contributed by atoms with Crippen LogP contribution in [0.3, 0.4) is 0 Å². The number of rotatable bonds is 4. The summed E-state index contributed by atoms with van der Waals surface area (Å²) in [6, 6.07) is 5.48. The van der Waals surface area contributed by atoms with E-state index in [4.69, 9.17) is 22.1 Å². The largest absolute Gasteiger partial charge is 0.381 e. The second-order valence-corrected chi connectivity index (χ2v) is 5.99. The highest BCUT2D eigenvalue weighted by molar-refractivity contribution is 6.34. The van der Waals surface area contributed by atoms with Gasteiger partial charge in [-0.1, -0.05) is 17.7 Å². The normalized spacial score (nSPS) is 17.3. The van der Waals surface area contributed by atoms with Crippen molar-refractivity contribution in [3.63, 3.8) is 0 Å². The summed E-state index contributed by atoms with van der Waals surface area (Å²) in [4.78, 5) is 14.6. The highest BCUT2D eigenvalue weighted by Crippen LogP contribution is 2.35. The van der Waals surface area contributed by atoms with Crippen molar-refractivity contribution in [2.45, 2.75) is 12.8 Å². The van der Waals surface area contributed by atoms with Crippen LogP contribution in [0.4, 0.5) is 11.4 Å². The van der Waals surface area contributed by atoms with Gasteiger partial charge in [0.25, 0.3) is 0 Å². The molecule has 116 valence electrons. The number of benzene rings is 1. The molecule has 1 saturated heterocycles. The van der Waals surface area contributed by atoms with E-state index in [-0.39, 0.29) is 5.91 Å². The fraction of sp³-hybridized carbons (Fsp3) is 0.533. The van der Waals surface area contributed by atoms with E-state index in [2.05, 4.69) is 5.32 Å². The summed E-state index contributed by atoms with van der Waals surface area (Å²) >= 11 is 6.22. The number of ether oxygens (including phenoxy) is 1. The van der Waals surface area contributed by atoms with E-state index in [1.54, 1.807) is 6.07 Å². The van der Waals surface area contributed by atoms with Crippen LogP contribution in [0.1, 0.15) is 12.8 Å². The maximum Gasteiger partial charge on any atom is 0.232 e. The molecule has 0 spiro atoms. The molecule has 1 aromatic rings. The molecule has 2 rings (SSSR count). The lowest BCUT2D eigenvalue weighted by molar-refractivity contribution is -0.130. The smallest absolute Gasteiger partial charge is 0.232 e. The summed E-state index contributed by atoms with van der Waals surface area (Å²) in [6.45, 7) is 1.46. The minimum absolute atomic E-state index is 0.0568. The fourth-order valence-electron chi connectivity index (χ4n) is 2.61. The predicted octanol–water partition coefficient (Wildman–Crippen LogP) is 2.10. The SMILES string of the molecule is CN(C)c1c(Cl)cccc1NC(=O)C1(CN)CCOCC1. The Bertz CT molecular complexity index is 514. The molecule has 5 nitrogen and oxygen atoms in total. The predicted molar refractivity (Wildman–Crippen MR) is 85.9 cm³/mol. The average Bonchev–Trinajstić information content (AvgIpc) is 2.47. The first-order valence-corrected chi connectivity index (χ1v) is 7.43. The molecule has 1 aliphatic rings. The monoisotopic (exact) mass is 311 g/mol. The molecule has 0 aliphatic carbocycles. The average molecular weight is 312 g/mol. The third kappa shape index (κ3) is 3.31. The third-order valence-electron chi connectivity index (χ3n) is 4.00. The lowest BCUT2D eigenvalue weighted by Gasteiger charge is -2.35. The molecule has 0 atom stereocenters. The Kier molecular flexibility index (Phi) is 5.08. The molecule has 0 bridgehead atoms. The number of hydrogen-bond donors (Lipinski definition) is 2. The van der Waals surface area contributed by atoms with Gasteiger partial charge >= 0.3 is 0 Å². The second-order valence-electron chi connectivity index (χ2n) is 5.58. The van der Waals surface area contributed by atoms with Gasteiger partial charge in [-0.3, -0.25) is 4.79 Å². The Morgan fingerprint density at radius 2 is 2.10 bits per heavy atom. The standard InChI is InChI=1S/C15H22ClN3O2/c1-19(2)13-11(16)4-3-5-12(13)18-14(20)15(10-17)6-8-21-9-7-15/h3-5H,6-10,17H2,1-2H3,(H,18,20). The molecule has 0 aromatic heterocycles. The number of anilines is 2. The van der Waals surface area contributed by atoms with Crippen molar-refractivity contribution in [1.82, 2.24) is 0 Å². The Hall–Kier alpha value is -1.30. The first-order chi connectivity index (χ1) is 10.00. The number of carbonyl (C=O) groups excluding carboxylic acids is 1. The molecule has 1 amide bonds. The zero-order valence-electron chi connectivity index (χ0n) is 12.5. The van der Waals surface area contributed by atoms with Gasteiger partial charge in [0, 0.05) is 33.9 Å². The zero-order valence-corrected chi connectivity index (χ0v) is 13.2. The van der Waals surface area contributed by atoms with E-state index in [9.17, 15) is 4.79 Å². The van der Waals surface area contributed by atoms with Crippen molar-refractivity contribution in [3.05, 3.63) is 23.2 Å². The van der Waals surface area contributed by atoms with Gasteiger partial charge in [-0.05, 0) is 25.0 Å². The van der Waals surface area contributed by atoms with Crippen LogP contribution in [0.25, 0.3) is 0 Å². The molecule has 0 unspecified atom stereocenters. The molecule has 1 aromatic carbocycles. The Labute approximate surface area is 130 Å².